The first-order valence-corrected chi connectivity index (χ1v) is 6.47. The Morgan fingerprint density at radius 3 is 2.56 bits per heavy atom. The molecule has 1 aromatic rings. The molecule has 0 unspecified atom stereocenters. The Morgan fingerprint density at radius 2 is 2.06 bits per heavy atom. The second kappa shape index (κ2) is 3.85. The van der Waals surface area contributed by atoms with E-state index in [1.54, 1.807) is 0 Å². The van der Waals surface area contributed by atoms with Crippen LogP contribution < -0.4 is 10.5 Å². The summed E-state index contributed by atoms with van der Waals surface area (Å²) in [6, 6.07) is 0. The lowest BCUT2D eigenvalue weighted by Crippen LogP contribution is -2.47. The Hall–Kier alpha value is -0.880. The number of hydrogen-bond acceptors (Lipinski definition) is 6. The maximum atomic E-state index is 5.75. The molecule has 2 heterocycles. The van der Waals surface area contributed by atoms with Crippen molar-refractivity contribution in [3.63, 3.8) is 0 Å². The summed E-state index contributed by atoms with van der Waals surface area (Å²) in [6.45, 7) is 0.929. The molecule has 0 aromatic carbocycles. The topological polar surface area (TPSA) is 70.3 Å². The summed E-state index contributed by atoms with van der Waals surface area (Å²) in [5, 5.41) is 8.66. The lowest BCUT2D eigenvalue weighted by molar-refractivity contribution is -0.173. The van der Waals surface area contributed by atoms with E-state index in [9.17, 15) is 0 Å². The van der Waals surface area contributed by atoms with E-state index in [1.807, 2.05) is 0 Å². The van der Waals surface area contributed by atoms with Crippen LogP contribution in [0.5, 0.6) is 5.19 Å². The van der Waals surface area contributed by atoms with Crippen LogP contribution in [-0.4, -0.2) is 28.5 Å². The molecule has 5 nitrogen and oxygen atoms in total. The number of rotatable bonds is 2. The van der Waals surface area contributed by atoms with Gasteiger partial charge in [0, 0.05) is 0 Å². The minimum Gasteiger partial charge on any atom is -0.466 e. The fraction of sp³-hybridized carbons (Fsp3) is 0.800. The van der Waals surface area contributed by atoms with Crippen molar-refractivity contribution < 1.29 is 9.47 Å². The van der Waals surface area contributed by atoms with Gasteiger partial charge in [0.05, 0.1) is 12.2 Å². The summed E-state index contributed by atoms with van der Waals surface area (Å²) in [6.07, 6.45) is 5.75. The Labute approximate surface area is 98.0 Å². The normalized spacial score (nSPS) is 33.6. The summed E-state index contributed by atoms with van der Waals surface area (Å²) in [4.78, 5) is 0. The second-order valence-electron chi connectivity index (χ2n) is 4.50. The van der Waals surface area contributed by atoms with Crippen molar-refractivity contribution in [2.45, 2.75) is 43.8 Å². The molecule has 0 atom stereocenters. The van der Waals surface area contributed by atoms with Crippen molar-refractivity contribution in [2.75, 3.05) is 12.3 Å². The molecular formula is C10H15N3O2S. The van der Waals surface area contributed by atoms with Crippen molar-refractivity contribution >= 4 is 16.5 Å². The molecule has 3 rings (SSSR count). The number of anilines is 1. The molecule has 1 aliphatic heterocycles. The zero-order valence-corrected chi connectivity index (χ0v) is 9.83. The molecule has 1 saturated heterocycles. The Bertz CT molecular complexity index is 368. The van der Waals surface area contributed by atoms with Gasteiger partial charge in [0.15, 0.2) is 0 Å². The van der Waals surface area contributed by atoms with Gasteiger partial charge in [-0.05, 0) is 43.4 Å². The predicted octanol–water partition coefficient (Wildman–Crippen LogP) is 1.60. The Kier molecular flexibility index (Phi) is 2.48. The average Bonchev–Trinajstić information content (AvgIpc) is 2.63. The monoisotopic (exact) mass is 241 g/mol. The van der Waals surface area contributed by atoms with Gasteiger partial charge in [0.1, 0.15) is 6.10 Å². The van der Waals surface area contributed by atoms with Crippen LogP contribution in [0, 0.1) is 0 Å². The van der Waals surface area contributed by atoms with Crippen LogP contribution in [0.4, 0.5) is 5.13 Å². The summed E-state index contributed by atoms with van der Waals surface area (Å²) in [7, 11) is 0. The van der Waals surface area contributed by atoms with Crippen molar-refractivity contribution in [1.82, 2.24) is 10.2 Å². The van der Waals surface area contributed by atoms with Gasteiger partial charge in [-0.2, -0.15) is 0 Å². The molecule has 1 spiro atoms. The van der Waals surface area contributed by atoms with Crippen molar-refractivity contribution in [3.8, 4) is 5.19 Å². The van der Waals surface area contributed by atoms with Crippen LogP contribution >= 0.6 is 11.3 Å². The van der Waals surface area contributed by atoms with Crippen LogP contribution in [0.3, 0.4) is 0 Å². The third kappa shape index (κ3) is 1.87. The molecule has 0 bridgehead atoms. The van der Waals surface area contributed by atoms with Crippen LogP contribution in [0.1, 0.15) is 32.1 Å². The third-order valence-electron chi connectivity index (χ3n) is 3.50. The first-order valence-electron chi connectivity index (χ1n) is 5.65. The van der Waals surface area contributed by atoms with Gasteiger partial charge in [0.25, 0.3) is 5.19 Å². The van der Waals surface area contributed by atoms with Crippen LogP contribution in [0.15, 0.2) is 0 Å². The highest BCUT2D eigenvalue weighted by atomic mass is 32.1. The van der Waals surface area contributed by atoms with Crippen molar-refractivity contribution in [2.24, 2.45) is 0 Å². The molecule has 2 N–H and O–H groups in total. The molecule has 1 aliphatic carbocycles. The van der Waals surface area contributed by atoms with Gasteiger partial charge in [-0.25, -0.2) is 0 Å². The van der Waals surface area contributed by atoms with E-state index in [4.69, 9.17) is 15.2 Å². The zero-order chi connectivity index (χ0) is 11.0. The predicted molar refractivity (Wildman–Crippen MR) is 60.5 cm³/mol. The molecule has 2 aliphatic rings. The highest BCUT2D eigenvalue weighted by Gasteiger charge is 2.42. The van der Waals surface area contributed by atoms with Crippen LogP contribution in [0.25, 0.3) is 0 Å². The summed E-state index contributed by atoms with van der Waals surface area (Å²) < 4.78 is 11.4. The number of nitrogens with two attached hydrogens (primary N) is 1. The van der Waals surface area contributed by atoms with Gasteiger partial charge in [0.2, 0.25) is 5.13 Å². The third-order valence-corrected chi connectivity index (χ3v) is 4.14. The van der Waals surface area contributed by atoms with Gasteiger partial charge >= 0.3 is 0 Å². The van der Waals surface area contributed by atoms with Crippen LogP contribution in [-0.2, 0) is 4.74 Å². The standard InChI is InChI=1S/C10H15N3O2S/c11-8-12-13-9(16-8)15-7-1-3-10(4-2-7)5-6-14-10/h7H,1-6H2,(H2,11,12). The van der Waals surface area contributed by atoms with Gasteiger partial charge in [-0.15, -0.1) is 5.10 Å². The molecule has 16 heavy (non-hydrogen) atoms. The van der Waals surface area contributed by atoms with E-state index in [2.05, 4.69) is 10.2 Å². The van der Waals surface area contributed by atoms with E-state index in [0.717, 1.165) is 32.3 Å². The number of nitrogens with zero attached hydrogens (tertiary/aromatic N) is 2. The highest BCUT2D eigenvalue weighted by Crippen LogP contribution is 2.41. The fourth-order valence-electron chi connectivity index (χ4n) is 2.43. The van der Waals surface area contributed by atoms with Gasteiger partial charge < -0.3 is 15.2 Å². The van der Waals surface area contributed by atoms with Gasteiger partial charge in [-0.1, -0.05) is 5.10 Å². The number of ether oxygens (including phenoxy) is 2. The largest absolute Gasteiger partial charge is 0.466 e. The number of hydrogen-bond donors (Lipinski definition) is 1. The maximum Gasteiger partial charge on any atom is 0.296 e. The first-order chi connectivity index (χ1) is 7.76. The van der Waals surface area contributed by atoms with Gasteiger partial charge in [-0.3, -0.25) is 0 Å². The molecule has 1 saturated carbocycles. The zero-order valence-electron chi connectivity index (χ0n) is 9.02. The average molecular weight is 241 g/mol. The fourth-order valence-corrected chi connectivity index (χ4v) is 2.96. The Balaban J connectivity index is 1.54. The molecule has 2 fully saturated rings. The summed E-state index contributed by atoms with van der Waals surface area (Å²) in [5.74, 6) is 0. The SMILES string of the molecule is Nc1nnc(OC2CCC3(CCO3)CC2)s1. The molecule has 1 aromatic heterocycles. The molecule has 0 amide bonds. The molecule has 0 radical (unpaired) electrons. The lowest BCUT2D eigenvalue weighted by Gasteiger charge is -2.46. The maximum absolute atomic E-state index is 5.75. The van der Waals surface area contributed by atoms with E-state index < -0.39 is 0 Å². The van der Waals surface area contributed by atoms with E-state index in [1.165, 1.54) is 17.8 Å². The summed E-state index contributed by atoms with van der Waals surface area (Å²) in [5.41, 5.74) is 5.70. The quantitative estimate of drug-likeness (QED) is 0.851. The number of aromatic nitrogens is 2. The molecular weight excluding hydrogens is 226 g/mol. The molecule has 88 valence electrons. The lowest BCUT2D eigenvalue weighted by atomic mass is 9.78. The number of nitrogen functional groups attached to an aromatic ring is 1. The van der Waals surface area contributed by atoms with Crippen molar-refractivity contribution in [3.05, 3.63) is 0 Å². The van der Waals surface area contributed by atoms with Crippen LogP contribution in [0.2, 0.25) is 0 Å². The first kappa shape index (κ1) is 10.3. The highest BCUT2D eigenvalue weighted by molar-refractivity contribution is 7.16. The van der Waals surface area contributed by atoms with E-state index >= 15 is 0 Å². The molecule has 6 heteroatoms. The van der Waals surface area contributed by atoms with Crippen molar-refractivity contribution in [1.29, 1.82) is 0 Å². The Morgan fingerprint density at radius 1 is 1.31 bits per heavy atom. The summed E-state index contributed by atoms with van der Waals surface area (Å²) >= 11 is 1.30. The minimum atomic E-state index is 0.194. The smallest absolute Gasteiger partial charge is 0.296 e. The minimum absolute atomic E-state index is 0.194. The van der Waals surface area contributed by atoms with E-state index in [-0.39, 0.29) is 11.7 Å². The second-order valence-corrected chi connectivity index (χ2v) is 5.48. The van der Waals surface area contributed by atoms with E-state index in [0.29, 0.717) is 10.3 Å².